The summed E-state index contributed by atoms with van der Waals surface area (Å²) in [4.78, 5) is 0. The minimum absolute atomic E-state index is 0.887. The molecule has 2 nitrogen and oxygen atoms in total. The van der Waals surface area contributed by atoms with Gasteiger partial charge in [-0.15, -0.1) is 0 Å². The summed E-state index contributed by atoms with van der Waals surface area (Å²) in [7, 11) is 1.98. The molecule has 0 unspecified atom stereocenters. The molecular weight excluding hydrogens is 138 g/mol. The molecule has 0 aromatic rings. The van der Waals surface area contributed by atoms with Crippen LogP contribution in [-0.2, 0) is 4.74 Å². The molecule has 0 saturated carbocycles. The van der Waals surface area contributed by atoms with Crippen LogP contribution < -0.4 is 5.32 Å². The van der Waals surface area contributed by atoms with Crippen molar-refractivity contribution in [2.24, 2.45) is 0 Å². The van der Waals surface area contributed by atoms with E-state index in [1.165, 1.54) is 17.0 Å². The summed E-state index contributed by atoms with van der Waals surface area (Å²) in [5, 5.41) is 3.19. The first-order chi connectivity index (χ1) is 5.40. The van der Waals surface area contributed by atoms with Gasteiger partial charge in [0.2, 0.25) is 0 Å². The molecule has 0 radical (unpaired) electrons. The molecule has 1 heterocycles. The van der Waals surface area contributed by atoms with Gasteiger partial charge in [0.15, 0.2) is 0 Å². The molecule has 11 heavy (non-hydrogen) atoms. The van der Waals surface area contributed by atoms with E-state index in [4.69, 9.17) is 4.74 Å². The predicted molar refractivity (Wildman–Crippen MR) is 44.0 cm³/mol. The largest absolute Gasteiger partial charge is 0.497 e. The summed E-state index contributed by atoms with van der Waals surface area (Å²) < 4.78 is 5.46. The summed E-state index contributed by atoms with van der Waals surface area (Å²) in [5.74, 6) is 1.23. The molecule has 1 aliphatic carbocycles. The van der Waals surface area contributed by atoms with Crippen LogP contribution in [0.1, 0.15) is 19.3 Å². The average molecular weight is 151 g/mol. The lowest BCUT2D eigenvalue weighted by atomic mass is 10.0. The highest BCUT2D eigenvalue weighted by Gasteiger charge is 2.18. The van der Waals surface area contributed by atoms with Crippen LogP contribution >= 0.6 is 0 Å². The first-order valence-corrected chi connectivity index (χ1v) is 4.13. The maximum Gasteiger partial charge on any atom is 0.0997 e. The summed E-state index contributed by atoms with van der Waals surface area (Å²) in [6, 6.07) is 0. The van der Waals surface area contributed by atoms with E-state index in [9.17, 15) is 0 Å². The van der Waals surface area contributed by atoms with Crippen LogP contribution in [0.3, 0.4) is 0 Å². The van der Waals surface area contributed by atoms with Crippen molar-refractivity contribution in [3.63, 3.8) is 0 Å². The van der Waals surface area contributed by atoms with Crippen molar-refractivity contribution >= 4 is 0 Å². The Morgan fingerprint density at radius 1 is 1.36 bits per heavy atom. The zero-order valence-corrected chi connectivity index (χ0v) is 6.81. The molecule has 0 fully saturated rings. The van der Waals surface area contributed by atoms with Crippen LogP contribution in [0.25, 0.3) is 0 Å². The van der Waals surface area contributed by atoms with Crippen molar-refractivity contribution in [1.29, 1.82) is 0 Å². The van der Waals surface area contributed by atoms with Gasteiger partial charge in [-0.25, -0.2) is 0 Å². The van der Waals surface area contributed by atoms with E-state index < -0.39 is 0 Å². The Labute approximate surface area is 66.9 Å². The van der Waals surface area contributed by atoms with E-state index in [2.05, 4.69) is 11.4 Å². The Balaban J connectivity index is 2.21. The van der Waals surface area contributed by atoms with Crippen molar-refractivity contribution in [2.45, 2.75) is 19.3 Å². The zero-order valence-electron chi connectivity index (χ0n) is 6.81. The second-order valence-corrected chi connectivity index (χ2v) is 2.97. The molecule has 0 saturated heterocycles. The fraction of sp³-hybridized carbons (Fsp3) is 0.556. The molecular formula is C9H13NO. The van der Waals surface area contributed by atoms with Crippen LogP contribution in [0.15, 0.2) is 23.1 Å². The lowest BCUT2D eigenvalue weighted by Crippen LogP contribution is -2.09. The predicted octanol–water partition coefficient (Wildman–Crippen LogP) is 1.56. The van der Waals surface area contributed by atoms with Gasteiger partial charge in [-0.2, -0.15) is 0 Å². The number of hydrogen-bond donors (Lipinski definition) is 1. The van der Waals surface area contributed by atoms with Crippen molar-refractivity contribution < 1.29 is 4.74 Å². The molecule has 2 rings (SSSR count). The molecule has 1 aliphatic heterocycles. The maximum atomic E-state index is 5.46. The third-order valence-corrected chi connectivity index (χ3v) is 2.30. The molecule has 0 bridgehead atoms. The zero-order chi connectivity index (χ0) is 7.68. The number of hydrogen-bond acceptors (Lipinski definition) is 2. The highest BCUT2D eigenvalue weighted by Crippen LogP contribution is 2.30. The van der Waals surface area contributed by atoms with Crippen LogP contribution in [0.5, 0.6) is 0 Å². The lowest BCUT2D eigenvalue weighted by Gasteiger charge is -2.13. The molecule has 0 spiro atoms. The van der Waals surface area contributed by atoms with Gasteiger partial charge >= 0.3 is 0 Å². The number of nitrogens with one attached hydrogen (secondary N) is 1. The number of rotatable bonds is 1. The lowest BCUT2D eigenvalue weighted by molar-refractivity contribution is 0.233. The summed E-state index contributed by atoms with van der Waals surface area (Å²) in [5.41, 5.74) is 2.75. The monoisotopic (exact) mass is 151 g/mol. The quantitative estimate of drug-likeness (QED) is 0.614. The van der Waals surface area contributed by atoms with Gasteiger partial charge in [-0.05, 0) is 18.1 Å². The molecule has 60 valence electrons. The maximum absolute atomic E-state index is 5.46. The average Bonchev–Trinajstić information content (AvgIpc) is 2.50. The SMILES string of the molecule is CNC1=CC2=C(CC1)OCC2. The highest BCUT2D eigenvalue weighted by atomic mass is 16.5. The molecule has 2 aliphatic rings. The smallest absolute Gasteiger partial charge is 0.0997 e. The molecule has 2 heteroatoms. The van der Waals surface area contributed by atoms with E-state index in [0.717, 1.165) is 25.9 Å². The second-order valence-electron chi connectivity index (χ2n) is 2.97. The highest BCUT2D eigenvalue weighted by molar-refractivity contribution is 5.32. The van der Waals surface area contributed by atoms with E-state index in [1.807, 2.05) is 7.05 Å². The minimum atomic E-state index is 0.887. The molecule has 1 N–H and O–H groups in total. The van der Waals surface area contributed by atoms with Crippen molar-refractivity contribution in [2.75, 3.05) is 13.7 Å². The standard InChI is InChI=1S/C9H13NO/c1-10-8-2-3-9-7(6-8)4-5-11-9/h6,10H,2-5H2,1H3. The number of ether oxygens (including phenoxy) is 1. The molecule has 0 atom stereocenters. The van der Waals surface area contributed by atoms with E-state index in [0.29, 0.717) is 0 Å². The second kappa shape index (κ2) is 2.61. The van der Waals surface area contributed by atoms with Gasteiger partial charge in [0.1, 0.15) is 0 Å². The van der Waals surface area contributed by atoms with Gasteiger partial charge < -0.3 is 10.1 Å². The topological polar surface area (TPSA) is 21.3 Å². The number of allylic oxidation sites excluding steroid dienone is 3. The summed E-state index contributed by atoms with van der Waals surface area (Å²) >= 11 is 0. The third kappa shape index (κ3) is 1.13. The van der Waals surface area contributed by atoms with Crippen LogP contribution in [0.2, 0.25) is 0 Å². The Kier molecular flexibility index (Phi) is 1.60. The van der Waals surface area contributed by atoms with Gasteiger partial charge in [-0.1, -0.05) is 0 Å². The molecule has 0 amide bonds. The summed E-state index contributed by atoms with van der Waals surface area (Å²) in [6.45, 7) is 0.887. The summed E-state index contributed by atoms with van der Waals surface area (Å²) in [6.07, 6.45) is 5.52. The van der Waals surface area contributed by atoms with Gasteiger partial charge in [-0.3, -0.25) is 0 Å². The Hall–Kier alpha value is -0.920. The normalized spacial score (nSPS) is 22.5. The van der Waals surface area contributed by atoms with E-state index in [-0.39, 0.29) is 0 Å². The van der Waals surface area contributed by atoms with Gasteiger partial charge in [0.05, 0.1) is 12.4 Å². The van der Waals surface area contributed by atoms with E-state index >= 15 is 0 Å². The fourth-order valence-electron chi connectivity index (χ4n) is 1.63. The van der Waals surface area contributed by atoms with E-state index in [1.54, 1.807) is 0 Å². The van der Waals surface area contributed by atoms with Crippen LogP contribution in [0.4, 0.5) is 0 Å². The minimum Gasteiger partial charge on any atom is -0.497 e. The van der Waals surface area contributed by atoms with Crippen LogP contribution in [0, 0.1) is 0 Å². The van der Waals surface area contributed by atoms with Crippen molar-refractivity contribution in [3.8, 4) is 0 Å². The Morgan fingerprint density at radius 3 is 3.09 bits per heavy atom. The Morgan fingerprint density at radius 2 is 2.27 bits per heavy atom. The third-order valence-electron chi connectivity index (χ3n) is 2.30. The Bertz CT molecular complexity index is 228. The molecule has 0 aromatic carbocycles. The fourth-order valence-corrected chi connectivity index (χ4v) is 1.63. The van der Waals surface area contributed by atoms with Crippen LogP contribution in [-0.4, -0.2) is 13.7 Å². The first-order valence-electron chi connectivity index (χ1n) is 4.13. The van der Waals surface area contributed by atoms with Gasteiger partial charge in [0, 0.05) is 25.6 Å². The van der Waals surface area contributed by atoms with Crippen molar-refractivity contribution in [3.05, 3.63) is 23.1 Å². The van der Waals surface area contributed by atoms with Crippen molar-refractivity contribution in [1.82, 2.24) is 5.32 Å². The molecule has 0 aromatic heterocycles. The van der Waals surface area contributed by atoms with Gasteiger partial charge in [0.25, 0.3) is 0 Å². The first kappa shape index (κ1) is 6.77.